The number of hydrogen-bond acceptors (Lipinski definition) is 2. The molecule has 0 aliphatic heterocycles. The van der Waals surface area contributed by atoms with Crippen LogP contribution in [0.1, 0.15) is 15.9 Å². The lowest BCUT2D eigenvalue weighted by atomic mass is 10.2. The molecule has 0 fully saturated rings. The summed E-state index contributed by atoms with van der Waals surface area (Å²) in [5.74, 6) is -1.40. The molecule has 2 aromatic rings. The third kappa shape index (κ3) is 4.30. The molecule has 0 unspecified atom stereocenters. The summed E-state index contributed by atoms with van der Waals surface area (Å²) in [6.45, 7) is 1.60. The molecule has 0 spiro atoms. The quantitative estimate of drug-likeness (QED) is 0.909. The number of anilines is 1. The zero-order chi connectivity index (χ0) is 16.1. The summed E-state index contributed by atoms with van der Waals surface area (Å²) in [6.07, 6.45) is 0. The molecule has 0 atom stereocenters. The number of halogens is 2. The van der Waals surface area contributed by atoms with E-state index in [1.165, 1.54) is 18.2 Å². The fraction of sp³-hybridized carbons (Fsp3) is 0.125. The molecule has 2 N–H and O–H groups in total. The highest BCUT2D eigenvalue weighted by molar-refractivity contribution is 6.30. The first-order valence-electron chi connectivity index (χ1n) is 6.55. The molecule has 0 aliphatic carbocycles. The average molecular weight is 321 g/mol. The number of benzene rings is 2. The van der Waals surface area contributed by atoms with E-state index >= 15 is 0 Å². The molecule has 0 saturated carbocycles. The van der Waals surface area contributed by atoms with Crippen LogP contribution in [0.4, 0.5) is 10.1 Å². The van der Waals surface area contributed by atoms with E-state index in [0.717, 1.165) is 11.6 Å². The van der Waals surface area contributed by atoms with Crippen LogP contribution in [0.25, 0.3) is 0 Å². The molecule has 0 bridgehead atoms. The maximum atomic E-state index is 13.0. The summed E-state index contributed by atoms with van der Waals surface area (Å²) in [5, 5.41) is 5.68. The van der Waals surface area contributed by atoms with E-state index < -0.39 is 11.7 Å². The van der Waals surface area contributed by atoms with Crippen LogP contribution in [0.3, 0.4) is 0 Å². The van der Waals surface area contributed by atoms with Gasteiger partial charge in [0.15, 0.2) is 0 Å². The van der Waals surface area contributed by atoms with Gasteiger partial charge in [-0.3, -0.25) is 9.59 Å². The molecule has 22 heavy (non-hydrogen) atoms. The first kappa shape index (κ1) is 16.0. The number of rotatable bonds is 4. The van der Waals surface area contributed by atoms with Crippen molar-refractivity contribution < 1.29 is 14.0 Å². The van der Waals surface area contributed by atoms with Crippen molar-refractivity contribution in [2.75, 3.05) is 11.9 Å². The monoisotopic (exact) mass is 320 g/mol. The fourth-order valence-electron chi connectivity index (χ4n) is 1.85. The van der Waals surface area contributed by atoms with E-state index in [9.17, 15) is 14.0 Å². The van der Waals surface area contributed by atoms with E-state index in [2.05, 4.69) is 10.6 Å². The highest BCUT2D eigenvalue weighted by Crippen LogP contribution is 2.19. The molecular formula is C16H14ClFN2O2. The van der Waals surface area contributed by atoms with Crippen LogP contribution in [-0.4, -0.2) is 18.4 Å². The lowest BCUT2D eigenvalue weighted by molar-refractivity contribution is -0.115. The summed E-state index contributed by atoms with van der Waals surface area (Å²) in [5.41, 5.74) is 1.60. The second-order valence-corrected chi connectivity index (χ2v) is 5.14. The van der Waals surface area contributed by atoms with Crippen LogP contribution < -0.4 is 10.6 Å². The molecule has 2 rings (SSSR count). The summed E-state index contributed by atoms with van der Waals surface area (Å²) in [7, 11) is 0. The van der Waals surface area contributed by atoms with Gasteiger partial charge in [0.2, 0.25) is 5.91 Å². The lowest BCUT2D eigenvalue weighted by Gasteiger charge is -2.09. The molecular weight excluding hydrogens is 307 g/mol. The van der Waals surface area contributed by atoms with Crippen LogP contribution >= 0.6 is 11.6 Å². The standard InChI is InChI=1S/C16H14ClFN2O2/c1-10-7-12(17)5-6-14(10)20-15(21)9-19-16(22)11-3-2-4-13(18)8-11/h2-8H,9H2,1H3,(H,19,22)(H,20,21). The third-order valence-corrected chi connectivity index (χ3v) is 3.19. The normalized spacial score (nSPS) is 10.1. The Kier molecular flexibility index (Phi) is 5.12. The SMILES string of the molecule is Cc1cc(Cl)ccc1NC(=O)CNC(=O)c1cccc(F)c1. The molecule has 0 aliphatic rings. The first-order valence-corrected chi connectivity index (χ1v) is 6.93. The minimum Gasteiger partial charge on any atom is -0.343 e. The summed E-state index contributed by atoms with van der Waals surface area (Å²) in [4.78, 5) is 23.6. The summed E-state index contributed by atoms with van der Waals surface area (Å²) < 4.78 is 13.0. The number of carbonyl (C=O) groups excluding carboxylic acids is 2. The van der Waals surface area contributed by atoms with Crippen LogP contribution in [0.5, 0.6) is 0 Å². The van der Waals surface area contributed by atoms with E-state index in [1.807, 2.05) is 6.92 Å². The number of nitrogens with one attached hydrogen (secondary N) is 2. The van der Waals surface area contributed by atoms with Crippen molar-refractivity contribution in [2.45, 2.75) is 6.92 Å². The number of aryl methyl sites for hydroxylation is 1. The van der Waals surface area contributed by atoms with Crippen LogP contribution in [-0.2, 0) is 4.79 Å². The molecule has 0 heterocycles. The van der Waals surface area contributed by atoms with Crippen molar-refractivity contribution in [2.24, 2.45) is 0 Å². The predicted molar refractivity (Wildman–Crippen MR) is 83.6 cm³/mol. The van der Waals surface area contributed by atoms with Gasteiger partial charge in [0.25, 0.3) is 5.91 Å². The number of amides is 2. The van der Waals surface area contributed by atoms with Gasteiger partial charge >= 0.3 is 0 Å². The van der Waals surface area contributed by atoms with E-state index in [4.69, 9.17) is 11.6 Å². The van der Waals surface area contributed by atoms with Gasteiger partial charge in [0, 0.05) is 16.3 Å². The molecule has 0 saturated heterocycles. The van der Waals surface area contributed by atoms with Gasteiger partial charge in [0.05, 0.1) is 6.54 Å². The Morgan fingerprint density at radius 1 is 1.18 bits per heavy atom. The van der Waals surface area contributed by atoms with E-state index in [1.54, 1.807) is 18.2 Å². The maximum Gasteiger partial charge on any atom is 0.251 e. The molecule has 6 heteroatoms. The molecule has 0 aromatic heterocycles. The number of hydrogen-bond donors (Lipinski definition) is 2. The summed E-state index contributed by atoms with van der Waals surface area (Å²) >= 11 is 5.84. The zero-order valence-corrected chi connectivity index (χ0v) is 12.6. The zero-order valence-electron chi connectivity index (χ0n) is 11.8. The molecule has 2 aromatic carbocycles. The van der Waals surface area contributed by atoms with Crippen molar-refractivity contribution >= 4 is 29.1 Å². The topological polar surface area (TPSA) is 58.2 Å². The number of carbonyl (C=O) groups is 2. The van der Waals surface area contributed by atoms with Crippen LogP contribution in [0, 0.1) is 12.7 Å². The first-order chi connectivity index (χ1) is 10.5. The summed E-state index contributed by atoms with van der Waals surface area (Å²) in [6, 6.07) is 10.3. The Hall–Kier alpha value is -2.40. The van der Waals surface area contributed by atoms with Gasteiger partial charge in [0.1, 0.15) is 5.82 Å². The highest BCUT2D eigenvalue weighted by Gasteiger charge is 2.09. The van der Waals surface area contributed by atoms with Gasteiger partial charge in [-0.25, -0.2) is 4.39 Å². The van der Waals surface area contributed by atoms with Crippen molar-refractivity contribution in [3.8, 4) is 0 Å². The Bertz CT molecular complexity index is 719. The van der Waals surface area contributed by atoms with Gasteiger partial charge < -0.3 is 10.6 Å². The molecule has 114 valence electrons. The second-order valence-electron chi connectivity index (χ2n) is 4.70. The van der Waals surface area contributed by atoms with Gasteiger partial charge in [-0.2, -0.15) is 0 Å². The van der Waals surface area contributed by atoms with Crippen molar-refractivity contribution in [1.29, 1.82) is 0 Å². The lowest BCUT2D eigenvalue weighted by Crippen LogP contribution is -2.33. The maximum absolute atomic E-state index is 13.0. The van der Waals surface area contributed by atoms with E-state index in [0.29, 0.717) is 10.7 Å². The van der Waals surface area contributed by atoms with Gasteiger partial charge in [-0.05, 0) is 48.9 Å². The molecule has 4 nitrogen and oxygen atoms in total. The molecule has 0 radical (unpaired) electrons. The van der Waals surface area contributed by atoms with Gasteiger partial charge in [-0.15, -0.1) is 0 Å². The molecule has 2 amide bonds. The van der Waals surface area contributed by atoms with Crippen molar-refractivity contribution in [3.63, 3.8) is 0 Å². The van der Waals surface area contributed by atoms with Crippen LogP contribution in [0.15, 0.2) is 42.5 Å². The predicted octanol–water partition coefficient (Wildman–Crippen LogP) is 3.16. The Labute approximate surface area is 132 Å². The Morgan fingerprint density at radius 3 is 2.64 bits per heavy atom. The largest absolute Gasteiger partial charge is 0.343 e. The second kappa shape index (κ2) is 7.04. The fourth-order valence-corrected chi connectivity index (χ4v) is 2.08. The smallest absolute Gasteiger partial charge is 0.251 e. The van der Waals surface area contributed by atoms with Crippen molar-refractivity contribution in [3.05, 3.63) is 64.4 Å². The highest BCUT2D eigenvalue weighted by atomic mass is 35.5. The van der Waals surface area contributed by atoms with Gasteiger partial charge in [-0.1, -0.05) is 17.7 Å². The van der Waals surface area contributed by atoms with Crippen molar-refractivity contribution in [1.82, 2.24) is 5.32 Å². The minimum atomic E-state index is -0.512. The Balaban J connectivity index is 1.91. The Morgan fingerprint density at radius 2 is 1.95 bits per heavy atom. The minimum absolute atomic E-state index is 0.162. The van der Waals surface area contributed by atoms with Crippen LogP contribution in [0.2, 0.25) is 5.02 Å². The third-order valence-electron chi connectivity index (χ3n) is 2.96. The average Bonchev–Trinajstić information content (AvgIpc) is 2.47. The van der Waals surface area contributed by atoms with E-state index in [-0.39, 0.29) is 18.0 Å².